The monoisotopic (exact) mass is 617 g/mol. The number of hydrogen-bond acceptors (Lipinski definition) is 6. The molecule has 0 bridgehead atoms. The van der Waals surface area contributed by atoms with Crippen molar-refractivity contribution < 1.29 is 53.8 Å². The first-order valence-electron chi connectivity index (χ1n) is 11.0. The molecule has 17 heteroatoms. The van der Waals surface area contributed by atoms with Crippen LogP contribution in [-0.2, 0) is 39.3 Å². The molecule has 3 rings (SSSR count). The zero-order chi connectivity index (χ0) is 30.9. The largest absolute Gasteiger partial charge is 0.466 e. The zero-order valence-electron chi connectivity index (χ0n) is 20.7. The van der Waals surface area contributed by atoms with Gasteiger partial charge in [-0.15, -0.1) is 0 Å². The van der Waals surface area contributed by atoms with Gasteiger partial charge >= 0.3 is 24.5 Å². The Morgan fingerprint density at radius 2 is 1.56 bits per heavy atom. The molecule has 222 valence electrons. The van der Waals surface area contributed by atoms with E-state index in [-0.39, 0.29) is 28.7 Å². The quantitative estimate of drug-likeness (QED) is 0.176. The first kappa shape index (κ1) is 31.7. The molecule has 1 heterocycles. The predicted molar refractivity (Wildman–Crippen MR) is 125 cm³/mol. The van der Waals surface area contributed by atoms with E-state index in [4.69, 9.17) is 16.3 Å². The molecule has 41 heavy (non-hydrogen) atoms. The number of aromatic nitrogens is 2. The van der Waals surface area contributed by atoms with Gasteiger partial charge in [-0.25, -0.2) is 9.78 Å². The summed E-state index contributed by atoms with van der Waals surface area (Å²) in [4.78, 5) is 29.1. The molecule has 0 fully saturated rings. The van der Waals surface area contributed by atoms with Gasteiger partial charge < -0.3 is 9.47 Å². The lowest BCUT2D eigenvalue weighted by Crippen LogP contribution is -2.44. The molecule has 1 atom stereocenters. The number of alkyl halides is 9. The summed E-state index contributed by atoms with van der Waals surface area (Å²) in [6.45, 7) is -0.586. The fourth-order valence-corrected chi connectivity index (χ4v) is 3.95. The highest BCUT2D eigenvalue weighted by Crippen LogP contribution is 2.46. The van der Waals surface area contributed by atoms with Gasteiger partial charge in [0.2, 0.25) is 12.2 Å². The van der Waals surface area contributed by atoms with Crippen molar-refractivity contribution in [2.75, 3.05) is 19.1 Å². The van der Waals surface area contributed by atoms with Crippen molar-refractivity contribution in [3.63, 3.8) is 0 Å². The van der Waals surface area contributed by atoms with Crippen molar-refractivity contribution in [1.29, 1.82) is 0 Å². The van der Waals surface area contributed by atoms with E-state index in [1.165, 1.54) is 24.3 Å². The summed E-state index contributed by atoms with van der Waals surface area (Å²) < 4.78 is 134. The Morgan fingerprint density at radius 1 is 0.951 bits per heavy atom. The van der Waals surface area contributed by atoms with Gasteiger partial charge in [0.25, 0.3) is 5.56 Å². The molecule has 0 aliphatic carbocycles. The van der Waals surface area contributed by atoms with Crippen LogP contribution in [-0.4, -0.2) is 36.0 Å². The Morgan fingerprint density at radius 3 is 2.05 bits per heavy atom. The summed E-state index contributed by atoms with van der Waals surface area (Å²) in [5.41, 5.74) is -8.31. The van der Waals surface area contributed by atoms with Gasteiger partial charge in [-0.05, 0) is 17.7 Å². The van der Waals surface area contributed by atoms with Crippen LogP contribution in [0.25, 0.3) is 0 Å². The van der Waals surface area contributed by atoms with Gasteiger partial charge in [0.05, 0.1) is 35.5 Å². The molecule has 0 saturated carbocycles. The van der Waals surface area contributed by atoms with E-state index in [1.54, 1.807) is 6.07 Å². The van der Waals surface area contributed by atoms with E-state index >= 15 is 0 Å². The van der Waals surface area contributed by atoms with E-state index in [1.807, 2.05) is 0 Å². The molecule has 1 unspecified atom stereocenters. The maximum absolute atomic E-state index is 13.8. The normalized spacial score (nSPS) is 13.2. The van der Waals surface area contributed by atoms with Crippen LogP contribution >= 0.6 is 11.6 Å². The van der Waals surface area contributed by atoms with Gasteiger partial charge in [0.15, 0.2) is 5.69 Å². The fourth-order valence-electron chi connectivity index (χ4n) is 3.64. The number of ether oxygens (including phenoxy) is 2. The average Bonchev–Trinajstić information content (AvgIpc) is 2.87. The first-order chi connectivity index (χ1) is 18.9. The van der Waals surface area contributed by atoms with Gasteiger partial charge in [0.1, 0.15) is 0 Å². The standard InChI is InChI=1S/C24H17ClF9N3O4/c1-40-19(20(39)41-2)37(15-9-13(22(26,27)28)8-14(18(15)25)23(29,30)31)21-35-16(24(32,33)34)10-17(38)36(21)11-12-6-4-3-5-7-12/h3-10,19H,11H2,1-2H3. The Bertz CT molecular complexity index is 1470. The first-order valence-corrected chi connectivity index (χ1v) is 11.4. The van der Waals surface area contributed by atoms with Crippen molar-refractivity contribution in [2.45, 2.75) is 31.3 Å². The third-order valence-electron chi connectivity index (χ3n) is 5.48. The number of benzene rings is 2. The van der Waals surface area contributed by atoms with Crippen molar-refractivity contribution in [2.24, 2.45) is 0 Å². The minimum Gasteiger partial charge on any atom is -0.466 e. The number of methoxy groups -OCH3 is 2. The van der Waals surface area contributed by atoms with Crippen LogP contribution in [0.15, 0.2) is 53.3 Å². The average molecular weight is 618 g/mol. The lowest BCUT2D eigenvalue weighted by atomic mass is 10.1. The van der Waals surface area contributed by atoms with Crippen LogP contribution in [0, 0.1) is 0 Å². The van der Waals surface area contributed by atoms with Crippen LogP contribution in [0.5, 0.6) is 0 Å². The third-order valence-corrected chi connectivity index (χ3v) is 5.88. The summed E-state index contributed by atoms with van der Waals surface area (Å²) in [5.74, 6) is -2.72. The smallest absolute Gasteiger partial charge is 0.433 e. The molecule has 0 spiro atoms. The number of carbonyl (C=O) groups is 1. The highest BCUT2D eigenvalue weighted by Gasteiger charge is 2.43. The van der Waals surface area contributed by atoms with Crippen molar-refractivity contribution in [3.05, 3.63) is 86.3 Å². The van der Waals surface area contributed by atoms with Crippen LogP contribution in [0.2, 0.25) is 5.02 Å². The second kappa shape index (κ2) is 11.6. The number of rotatable bonds is 7. The Hall–Kier alpha value is -3.79. The molecule has 7 nitrogen and oxygen atoms in total. The Labute approximate surface area is 229 Å². The van der Waals surface area contributed by atoms with Crippen molar-refractivity contribution >= 4 is 29.2 Å². The van der Waals surface area contributed by atoms with Crippen LogP contribution in [0.1, 0.15) is 22.4 Å². The summed E-state index contributed by atoms with van der Waals surface area (Å²) in [6, 6.07) is 7.17. The van der Waals surface area contributed by atoms with Crippen LogP contribution in [0.3, 0.4) is 0 Å². The predicted octanol–water partition coefficient (Wildman–Crippen LogP) is 6.29. The maximum Gasteiger partial charge on any atom is 0.433 e. The SMILES string of the molecule is COC(=O)C(OC)N(c1cc(C(F)(F)F)cc(C(F)(F)F)c1Cl)c1nc(C(F)(F)F)cc(=O)n1Cc1ccccc1. The maximum atomic E-state index is 13.8. The number of halogens is 10. The zero-order valence-corrected chi connectivity index (χ0v) is 21.4. The Kier molecular flexibility index (Phi) is 8.98. The molecular formula is C24H17ClF9N3O4. The number of anilines is 2. The molecule has 0 N–H and O–H groups in total. The van der Waals surface area contributed by atoms with Gasteiger partial charge in [-0.2, -0.15) is 39.5 Å². The summed E-state index contributed by atoms with van der Waals surface area (Å²) in [5, 5.41) is -1.46. The third kappa shape index (κ3) is 6.93. The molecule has 0 saturated heterocycles. The van der Waals surface area contributed by atoms with Gasteiger partial charge in [-0.1, -0.05) is 41.9 Å². The topological polar surface area (TPSA) is 73.7 Å². The molecular weight excluding hydrogens is 601 g/mol. The van der Waals surface area contributed by atoms with Crippen LogP contribution in [0.4, 0.5) is 51.1 Å². The van der Waals surface area contributed by atoms with Crippen molar-refractivity contribution in [3.8, 4) is 0 Å². The lowest BCUT2D eigenvalue weighted by Gasteiger charge is -2.33. The molecule has 1 aromatic heterocycles. The van der Waals surface area contributed by atoms with Crippen molar-refractivity contribution in [1.82, 2.24) is 9.55 Å². The second-order valence-corrected chi connectivity index (χ2v) is 8.56. The molecule has 0 aliphatic rings. The molecule has 2 aromatic carbocycles. The van der Waals surface area contributed by atoms with Crippen LogP contribution < -0.4 is 10.5 Å². The molecule has 0 radical (unpaired) electrons. The Balaban J connectivity index is 2.54. The fraction of sp³-hybridized carbons (Fsp3) is 0.292. The molecule has 3 aromatic rings. The second-order valence-electron chi connectivity index (χ2n) is 8.18. The summed E-state index contributed by atoms with van der Waals surface area (Å²) in [7, 11) is 1.52. The highest BCUT2D eigenvalue weighted by atomic mass is 35.5. The molecule has 0 aliphatic heterocycles. The summed E-state index contributed by atoms with van der Waals surface area (Å²) in [6.07, 6.45) is -18.6. The number of esters is 1. The molecule has 0 amide bonds. The number of hydrogen-bond donors (Lipinski definition) is 0. The van der Waals surface area contributed by atoms with Gasteiger partial charge in [-0.3, -0.25) is 14.3 Å². The van der Waals surface area contributed by atoms with E-state index < -0.39 is 76.3 Å². The number of carbonyl (C=O) groups excluding carboxylic acids is 1. The number of nitrogens with zero attached hydrogens (tertiary/aromatic N) is 3. The summed E-state index contributed by atoms with van der Waals surface area (Å²) >= 11 is 5.92. The minimum atomic E-state index is -5.50. The van der Waals surface area contributed by atoms with Gasteiger partial charge in [0, 0.05) is 13.2 Å². The van der Waals surface area contributed by atoms with E-state index in [9.17, 15) is 49.1 Å². The minimum absolute atomic E-state index is 0.0474. The van der Waals surface area contributed by atoms with E-state index in [0.29, 0.717) is 4.57 Å². The highest BCUT2D eigenvalue weighted by molar-refractivity contribution is 6.34. The van der Waals surface area contributed by atoms with E-state index in [0.717, 1.165) is 14.2 Å². The lowest BCUT2D eigenvalue weighted by molar-refractivity contribution is -0.151. The van der Waals surface area contributed by atoms with E-state index in [2.05, 4.69) is 9.72 Å².